The Kier molecular flexibility index (Phi) is 8.37. The fraction of sp³-hybridized carbons (Fsp3) is 0.543. The molecule has 0 aromatic heterocycles. The summed E-state index contributed by atoms with van der Waals surface area (Å²) in [5.41, 5.74) is 0.307. The van der Waals surface area contributed by atoms with Crippen LogP contribution in [0.2, 0.25) is 0 Å². The molecule has 4 aliphatic rings. The average Bonchev–Trinajstić information content (AvgIpc) is 3.49. The van der Waals surface area contributed by atoms with Gasteiger partial charge in [0.1, 0.15) is 23.2 Å². The summed E-state index contributed by atoms with van der Waals surface area (Å²) < 4.78 is 5.50. The van der Waals surface area contributed by atoms with E-state index in [4.69, 9.17) is 4.74 Å². The first-order valence-corrected chi connectivity index (χ1v) is 16.2. The highest BCUT2D eigenvalue weighted by atomic mass is 16.6. The van der Waals surface area contributed by atoms with Crippen LogP contribution in [0.25, 0.3) is 10.8 Å². The van der Waals surface area contributed by atoms with Gasteiger partial charge in [-0.2, -0.15) is 0 Å². The molecule has 10 heteroatoms. The third-order valence-electron chi connectivity index (χ3n) is 9.67. The van der Waals surface area contributed by atoms with Gasteiger partial charge in [0, 0.05) is 31.6 Å². The van der Waals surface area contributed by atoms with Crippen molar-refractivity contribution in [3.63, 3.8) is 0 Å². The Labute approximate surface area is 264 Å². The summed E-state index contributed by atoms with van der Waals surface area (Å²) in [4.78, 5) is 57.5. The molecule has 2 fully saturated rings. The number of fused-ring (bicyclic) bond motifs is 2. The van der Waals surface area contributed by atoms with Crippen molar-refractivity contribution < 1.29 is 29.0 Å². The predicted octanol–water partition coefficient (Wildman–Crippen LogP) is 4.50. The van der Waals surface area contributed by atoms with E-state index < -0.39 is 41.2 Å². The average molecular weight is 617 g/mol. The molecule has 3 N–H and O–H groups in total. The maximum atomic E-state index is 14.3. The first-order chi connectivity index (χ1) is 21.4. The molecule has 0 bridgehead atoms. The maximum Gasteiger partial charge on any atom is 0.408 e. The Bertz CT molecular complexity index is 1490. The highest BCUT2D eigenvalue weighted by molar-refractivity contribution is 5.96. The lowest BCUT2D eigenvalue weighted by atomic mass is 9.94. The number of nitrogens with zero attached hydrogens (tertiary/aromatic N) is 2. The van der Waals surface area contributed by atoms with E-state index in [1.165, 1.54) is 21.9 Å². The van der Waals surface area contributed by atoms with E-state index >= 15 is 0 Å². The quantitative estimate of drug-likeness (QED) is 0.434. The molecule has 4 unspecified atom stereocenters. The number of allylic oxidation sites excluding steroid dienone is 1. The van der Waals surface area contributed by atoms with Gasteiger partial charge in [0.25, 0.3) is 0 Å². The highest BCUT2D eigenvalue weighted by Crippen LogP contribution is 2.45. The lowest BCUT2D eigenvalue weighted by molar-refractivity contribution is -0.145. The predicted molar refractivity (Wildman–Crippen MR) is 169 cm³/mol. The smallest absolute Gasteiger partial charge is 0.408 e. The minimum Gasteiger partial charge on any atom is -0.479 e. The van der Waals surface area contributed by atoms with Gasteiger partial charge in [-0.05, 0) is 74.8 Å². The van der Waals surface area contributed by atoms with E-state index in [0.717, 1.165) is 19.3 Å². The van der Waals surface area contributed by atoms with Gasteiger partial charge in [0.15, 0.2) is 0 Å². The molecule has 1 aliphatic carbocycles. The molecule has 10 nitrogen and oxygen atoms in total. The van der Waals surface area contributed by atoms with Crippen LogP contribution >= 0.6 is 0 Å². The number of carbonyl (C=O) groups excluding carboxylic acids is 3. The van der Waals surface area contributed by atoms with Crippen LogP contribution in [0.3, 0.4) is 0 Å². The maximum absolute atomic E-state index is 14.3. The number of carbonyl (C=O) groups is 4. The Morgan fingerprint density at radius 2 is 1.76 bits per heavy atom. The zero-order valence-corrected chi connectivity index (χ0v) is 26.4. The monoisotopic (exact) mass is 616 g/mol. The topological polar surface area (TPSA) is 128 Å². The van der Waals surface area contributed by atoms with E-state index in [2.05, 4.69) is 51.9 Å². The number of carboxylic acid groups (broad SMARTS) is 1. The molecule has 0 radical (unpaired) electrons. The van der Waals surface area contributed by atoms with Crippen molar-refractivity contribution in [1.82, 2.24) is 20.4 Å². The van der Waals surface area contributed by atoms with Gasteiger partial charge in [0.05, 0.1) is 0 Å². The number of aliphatic carboxylic acids is 1. The molecule has 2 aromatic rings. The number of rotatable bonds is 3. The SMILES string of the molecule is CC(C)(C)OC(=O)NC1CCCCC/C=C/C2CC2(C(=O)O)NC(=O)C2C[C@@H](N3Cc4cccc5cccc(c45)C3)CN2C1=O. The number of ether oxygens (including phenoxy) is 1. The van der Waals surface area contributed by atoms with Gasteiger partial charge in [-0.15, -0.1) is 0 Å². The fourth-order valence-corrected chi connectivity index (χ4v) is 7.31. The second-order valence-electron chi connectivity index (χ2n) is 14.1. The van der Waals surface area contributed by atoms with Crippen molar-refractivity contribution >= 4 is 34.6 Å². The fourth-order valence-electron chi connectivity index (χ4n) is 7.31. The summed E-state index contributed by atoms with van der Waals surface area (Å²) in [7, 11) is 0. The van der Waals surface area contributed by atoms with Gasteiger partial charge >= 0.3 is 12.1 Å². The Hall–Kier alpha value is -3.92. The normalized spacial score (nSPS) is 29.9. The Morgan fingerprint density at radius 3 is 2.42 bits per heavy atom. The van der Waals surface area contributed by atoms with Crippen LogP contribution < -0.4 is 10.6 Å². The molecular formula is C35H44N4O6. The Balaban J connectivity index is 1.30. The van der Waals surface area contributed by atoms with Gasteiger partial charge in [0.2, 0.25) is 11.8 Å². The molecule has 6 rings (SSSR count). The molecule has 1 saturated heterocycles. The summed E-state index contributed by atoms with van der Waals surface area (Å²) in [5, 5.41) is 18.3. The van der Waals surface area contributed by atoms with Crippen molar-refractivity contribution in [3.05, 3.63) is 59.7 Å². The van der Waals surface area contributed by atoms with Crippen LogP contribution in [0, 0.1) is 5.92 Å². The third-order valence-corrected chi connectivity index (χ3v) is 9.67. The van der Waals surface area contributed by atoms with Gasteiger partial charge in [-0.3, -0.25) is 14.5 Å². The van der Waals surface area contributed by atoms with Crippen molar-refractivity contribution in [1.29, 1.82) is 0 Å². The molecule has 1 saturated carbocycles. The van der Waals surface area contributed by atoms with Gasteiger partial charge in [-0.1, -0.05) is 61.4 Å². The zero-order chi connectivity index (χ0) is 31.9. The largest absolute Gasteiger partial charge is 0.479 e. The standard InChI is InChI=1S/C35H44N4O6/c1-34(2,3)45-33(44)36-27-16-8-6-4-5-7-15-25-18-35(25,32(42)43)37-30(40)28-17-26(21-39(28)31(27)41)38-19-23-13-9-11-22-12-10-14-24(20-38)29(22)23/h7,9-15,25-28H,4-6,8,16-21H2,1-3H3,(H,36,44)(H,37,40)(H,42,43)/b15-7+/t25?,26-,27?,28?,35?/m1/s1. The molecule has 0 spiro atoms. The van der Waals surface area contributed by atoms with Crippen molar-refractivity contribution in [2.24, 2.45) is 5.92 Å². The third kappa shape index (κ3) is 6.43. The minimum atomic E-state index is -1.37. The van der Waals surface area contributed by atoms with Gasteiger partial charge < -0.3 is 25.4 Å². The molecule has 5 atom stereocenters. The summed E-state index contributed by atoms with van der Waals surface area (Å²) in [6, 6.07) is 10.7. The summed E-state index contributed by atoms with van der Waals surface area (Å²) in [6.07, 6.45) is 7.55. The van der Waals surface area contributed by atoms with E-state index in [0.29, 0.717) is 45.3 Å². The van der Waals surface area contributed by atoms with Crippen molar-refractivity contribution in [2.75, 3.05) is 6.54 Å². The van der Waals surface area contributed by atoms with Crippen LogP contribution in [0.4, 0.5) is 4.79 Å². The summed E-state index contributed by atoms with van der Waals surface area (Å²) in [5.74, 6) is -2.15. The number of hydrogen-bond acceptors (Lipinski definition) is 6. The van der Waals surface area contributed by atoms with Crippen molar-refractivity contribution in [3.8, 4) is 0 Å². The number of nitrogens with one attached hydrogen (secondary N) is 2. The van der Waals surface area contributed by atoms with E-state index in [-0.39, 0.29) is 17.9 Å². The number of alkyl carbamates (subject to hydrolysis) is 1. The van der Waals surface area contributed by atoms with Crippen molar-refractivity contribution in [2.45, 2.75) is 108 Å². The van der Waals surface area contributed by atoms with Gasteiger partial charge in [-0.25, -0.2) is 9.59 Å². The summed E-state index contributed by atoms with van der Waals surface area (Å²) in [6.45, 7) is 6.96. The Morgan fingerprint density at radius 1 is 1.04 bits per heavy atom. The lowest BCUT2D eigenvalue weighted by Gasteiger charge is -2.34. The molecule has 45 heavy (non-hydrogen) atoms. The van der Waals surface area contributed by atoms with Crippen LogP contribution in [-0.4, -0.2) is 74.6 Å². The lowest BCUT2D eigenvalue weighted by Crippen LogP contribution is -2.56. The molecule has 2 aromatic carbocycles. The number of carboxylic acids is 1. The second-order valence-corrected chi connectivity index (χ2v) is 14.1. The highest BCUT2D eigenvalue weighted by Gasteiger charge is 2.61. The molecule has 3 amide bonds. The van der Waals surface area contributed by atoms with E-state index in [1.807, 2.05) is 12.2 Å². The zero-order valence-electron chi connectivity index (χ0n) is 26.4. The van der Waals surface area contributed by atoms with Crippen LogP contribution in [0.1, 0.15) is 76.8 Å². The van der Waals surface area contributed by atoms with E-state index in [1.54, 1.807) is 25.7 Å². The first kappa shape index (κ1) is 31.1. The molecule has 3 aliphatic heterocycles. The second kappa shape index (κ2) is 12.1. The first-order valence-electron chi connectivity index (χ1n) is 16.2. The van der Waals surface area contributed by atoms with E-state index in [9.17, 15) is 24.3 Å². The minimum absolute atomic E-state index is 0.134. The van der Waals surface area contributed by atoms with Crippen LogP contribution in [0.5, 0.6) is 0 Å². The number of hydrogen-bond donors (Lipinski definition) is 3. The van der Waals surface area contributed by atoms with Crippen LogP contribution in [0.15, 0.2) is 48.6 Å². The van der Waals surface area contributed by atoms with Crippen LogP contribution in [-0.2, 0) is 32.2 Å². The number of amides is 3. The molecular weight excluding hydrogens is 572 g/mol. The molecule has 240 valence electrons. The number of benzene rings is 2. The molecule has 3 heterocycles. The summed E-state index contributed by atoms with van der Waals surface area (Å²) >= 11 is 0.